The highest BCUT2D eigenvalue weighted by Gasteiger charge is 2.39. The Balaban J connectivity index is 1.55. The highest BCUT2D eigenvalue weighted by atomic mass is 35.5. The third kappa shape index (κ3) is 4.34. The highest BCUT2D eigenvalue weighted by Crippen LogP contribution is 2.30. The summed E-state index contributed by atoms with van der Waals surface area (Å²) < 4.78 is 24.8. The quantitative estimate of drug-likeness (QED) is 0.530. The number of nitrogens with one attached hydrogen (secondary N) is 1. The van der Waals surface area contributed by atoms with E-state index in [-0.39, 0.29) is 18.4 Å². The van der Waals surface area contributed by atoms with E-state index in [9.17, 15) is 14.3 Å². The van der Waals surface area contributed by atoms with E-state index in [0.29, 0.717) is 21.5 Å². The van der Waals surface area contributed by atoms with E-state index < -0.39 is 30.1 Å². The SMILES string of the molecule is C[C@@H](Nc1ncc(F)c(N2C(=O)OC[C@@H]2[C@@H](C)O)n1)c1cc(-c2ccc(Cl)c(Cl)c2)no1. The number of halogens is 3. The number of nitrogens with zero attached hydrogens (tertiary/aromatic N) is 4. The van der Waals surface area contributed by atoms with Gasteiger partial charge in [-0.15, -0.1) is 0 Å². The molecule has 1 aromatic carbocycles. The van der Waals surface area contributed by atoms with E-state index in [0.717, 1.165) is 16.7 Å². The molecule has 1 saturated heterocycles. The zero-order valence-corrected chi connectivity index (χ0v) is 18.4. The molecule has 1 amide bonds. The second kappa shape index (κ2) is 8.89. The van der Waals surface area contributed by atoms with Crippen LogP contribution in [-0.4, -0.2) is 45.1 Å². The molecule has 0 aliphatic carbocycles. The van der Waals surface area contributed by atoms with Crippen LogP contribution < -0.4 is 10.2 Å². The van der Waals surface area contributed by atoms with Crippen molar-refractivity contribution in [3.8, 4) is 11.3 Å². The Bertz CT molecular complexity index is 1160. The van der Waals surface area contributed by atoms with E-state index >= 15 is 0 Å². The van der Waals surface area contributed by atoms with Gasteiger partial charge < -0.3 is 19.7 Å². The van der Waals surface area contributed by atoms with Gasteiger partial charge in [0, 0.05) is 11.6 Å². The molecule has 2 N–H and O–H groups in total. The van der Waals surface area contributed by atoms with Crippen molar-refractivity contribution in [3.05, 3.63) is 52.1 Å². The van der Waals surface area contributed by atoms with Crippen LogP contribution in [0.4, 0.5) is 21.0 Å². The maximum Gasteiger partial charge on any atom is 0.416 e. The largest absolute Gasteiger partial charge is 0.447 e. The summed E-state index contributed by atoms with van der Waals surface area (Å²) in [6.07, 6.45) is -0.807. The van der Waals surface area contributed by atoms with E-state index in [1.54, 1.807) is 31.2 Å². The van der Waals surface area contributed by atoms with Crippen molar-refractivity contribution in [1.29, 1.82) is 0 Å². The topological polar surface area (TPSA) is 114 Å². The number of aliphatic hydroxyl groups excluding tert-OH is 1. The van der Waals surface area contributed by atoms with E-state index in [1.807, 2.05) is 0 Å². The molecule has 3 atom stereocenters. The second-order valence-corrected chi connectivity index (χ2v) is 8.04. The van der Waals surface area contributed by atoms with Gasteiger partial charge in [0.1, 0.15) is 18.3 Å². The standard InChI is InChI=1S/C20H18Cl2FN5O4/c1-9(17-6-15(27-32-17)11-3-4-12(21)13(22)5-11)25-19-24-7-14(23)18(26-19)28-16(10(2)29)8-31-20(28)30/h3-7,9-10,16,29H,8H2,1-2H3,(H,24,25,26)/t9-,10-,16-/m1/s1. The number of aliphatic hydroxyl groups is 1. The maximum absolute atomic E-state index is 14.4. The second-order valence-electron chi connectivity index (χ2n) is 7.23. The molecule has 0 spiro atoms. The Morgan fingerprint density at radius 1 is 1.28 bits per heavy atom. The lowest BCUT2D eigenvalue weighted by atomic mass is 10.1. The minimum Gasteiger partial charge on any atom is -0.447 e. The third-order valence-corrected chi connectivity index (χ3v) is 5.67. The van der Waals surface area contributed by atoms with Gasteiger partial charge in [0.25, 0.3) is 0 Å². The van der Waals surface area contributed by atoms with Crippen LogP contribution in [0.5, 0.6) is 0 Å². The van der Waals surface area contributed by atoms with Gasteiger partial charge in [-0.2, -0.15) is 4.98 Å². The summed E-state index contributed by atoms with van der Waals surface area (Å²) >= 11 is 12.0. The predicted molar refractivity (Wildman–Crippen MR) is 115 cm³/mol. The summed E-state index contributed by atoms with van der Waals surface area (Å²) in [4.78, 5) is 21.1. The molecule has 1 fully saturated rings. The Kier molecular flexibility index (Phi) is 6.18. The fourth-order valence-electron chi connectivity index (χ4n) is 3.18. The average Bonchev–Trinajstić information content (AvgIpc) is 3.39. The number of ether oxygens (including phenoxy) is 1. The van der Waals surface area contributed by atoms with Gasteiger partial charge in [-0.25, -0.2) is 19.1 Å². The number of cyclic esters (lactones) is 1. The van der Waals surface area contributed by atoms with Crippen molar-refractivity contribution in [2.45, 2.75) is 32.0 Å². The lowest BCUT2D eigenvalue weighted by Crippen LogP contribution is -2.42. The first-order valence-electron chi connectivity index (χ1n) is 9.59. The van der Waals surface area contributed by atoms with Crippen molar-refractivity contribution in [2.24, 2.45) is 0 Å². The van der Waals surface area contributed by atoms with Crippen LogP contribution in [0.2, 0.25) is 10.0 Å². The number of anilines is 2. The van der Waals surface area contributed by atoms with Crippen LogP contribution in [0, 0.1) is 5.82 Å². The molecule has 0 saturated carbocycles. The van der Waals surface area contributed by atoms with E-state index in [4.69, 9.17) is 32.5 Å². The molecule has 12 heteroatoms. The Morgan fingerprint density at radius 2 is 2.06 bits per heavy atom. The summed E-state index contributed by atoms with van der Waals surface area (Å²) in [6, 6.07) is 5.59. The Labute approximate surface area is 192 Å². The first-order chi connectivity index (χ1) is 15.2. The number of rotatable bonds is 6. The van der Waals surface area contributed by atoms with E-state index in [1.165, 1.54) is 6.92 Å². The molecule has 3 heterocycles. The van der Waals surface area contributed by atoms with Crippen molar-refractivity contribution < 1.29 is 23.6 Å². The molecule has 32 heavy (non-hydrogen) atoms. The van der Waals surface area contributed by atoms with Gasteiger partial charge in [0.15, 0.2) is 17.4 Å². The molecule has 168 valence electrons. The number of hydrogen-bond donors (Lipinski definition) is 2. The Hall–Kier alpha value is -2.95. The lowest BCUT2D eigenvalue weighted by molar-refractivity contribution is 0.142. The van der Waals surface area contributed by atoms with Gasteiger partial charge in [-0.05, 0) is 26.0 Å². The number of hydrogen-bond acceptors (Lipinski definition) is 8. The molecule has 0 unspecified atom stereocenters. The smallest absolute Gasteiger partial charge is 0.416 e. The van der Waals surface area contributed by atoms with Gasteiger partial charge in [-0.1, -0.05) is 34.4 Å². The number of amides is 1. The molecule has 0 bridgehead atoms. The predicted octanol–water partition coefficient (Wildman–Crippen LogP) is 4.46. The first-order valence-corrected chi connectivity index (χ1v) is 10.4. The van der Waals surface area contributed by atoms with E-state index in [2.05, 4.69) is 20.4 Å². The number of aromatic nitrogens is 3. The van der Waals surface area contributed by atoms with Crippen molar-refractivity contribution in [3.63, 3.8) is 0 Å². The zero-order chi connectivity index (χ0) is 23.0. The molecule has 4 rings (SSSR count). The number of benzene rings is 1. The van der Waals surface area contributed by atoms with Crippen molar-refractivity contribution >= 4 is 41.1 Å². The molecule has 3 aromatic rings. The molecule has 0 radical (unpaired) electrons. The summed E-state index contributed by atoms with van der Waals surface area (Å²) in [7, 11) is 0. The molecule has 1 aliphatic heterocycles. The lowest BCUT2D eigenvalue weighted by Gasteiger charge is -2.23. The van der Waals surface area contributed by atoms with Crippen LogP contribution in [0.1, 0.15) is 25.6 Å². The highest BCUT2D eigenvalue weighted by molar-refractivity contribution is 6.42. The van der Waals surface area contributed by atoms with Gasteiger partial charge >= 0.3 is 6.09 Å². The van der Waals surface area contributed by atoms with Gasteiger partial charge in [0.05, 0.1) is 28.4 Å². The maximum atomic E-state index is 14.4. The summed E-state index contributed by atoms with van der Waals surface area (Å²) in [5, 5.41) is 17.7. The monoisotopic (exact) mass is 481 g/mol. The van der Waals surface area contributed by atoms with Crippen molar-refractivity contribution in [2.75, 3.05) is 16.8 Å². The number of carbonyl (C=O) groups excluding carboxylic acids is 1. The molecule has 9 nitrogen and oxygen atoms in total. The fourth-order valence-corrected chi connectivity index (χ4v) is 3.48. The van der Waals surface area contributed by atoms with Crippen LogP contribution >= 0.6 is 23.2 Å². The fraction of sp³-hybridized carbons (Fsp3) is 0.300. The summed E-state index contributed by atoms with van der Waals surface area (Å²) in [5.74, 6) is -0.611. The molecular weight excluding hydrogens is 464 g/mol. The Morgan fingerprint density at radius 3 is 2.78 bits per heavy atom. The minimum atomic E-state index is -0.944. The van der Waals surface area contributed by atoms with Gasteiger partial charge in [0.2, 0.25) is 5.95 Å². The summed E-state index contributed by atoms with van der Waals surface area (Å²) in [5.41, 5.74) is 1.27. The zero-order valence-electron chi connectivity index (χ0n) is 16.9. The summed E-state index contributed by atoms with van der Waals surface area (Å²) in [6.45, 7) is 3.18. The first kappa shape index (κ1) is 22.3. The minimum absolute atomic E-state index is 0.0467. The van der Waals surface area contributed by atoms with Crippen LogP contribution in [-0.2, 0) is 4.74 Å². The average molecular weight is 482 g/mol. The van der Waals surface area contributed by atoms with Gasteiger partial charge in [-0.3, -0.25) is 0 Å². The molecule has 2 aromatic heterocycles. The van der Waals surface area contributed by atoms with Crippen LogP contribution in [0.25, 0.3) is 11.3 Å². The van der Waals surface area contributed by atoms with Crippen LogP contribution in [0.3, 0.4) is 0 Å². The third-order valence-electron chi connectivity index (χ3n) is 4.93. The molecule has 1 aliphatic rings. The molecular formula is C20H18Cl2FN5O4. The normalized spacial score (nSPS) is 17.9. The van der Waals surface area contributed by atoms with Crippen molar-refractivity contribution in [1.82, 2.24) is 15.1 Å². The van der Waals surface area contributed by atoms with Crippen LogP contribution in [0.15, 0.2) is 35.0 Å². The number of carbonyl (C=O) groups is 1.